The molecular weight excluding hydrogens is 268 g/mol. The summed E-state index contributed by atoms with van der Waals surface area (Å²) in [4.78, 5) is 11.5. The van der Waals surface area contributed by atoms with E-state index >= 15 is 0 Å². The summed E-state index contributed by atoms with van der Waals surface area (Å²) < 4.78 is 6.14. The average Bonchev–Trinajstić information content (AvgIpc) is 3.02. The summed E-state index contributed by atoms with van der Waals surface area (Å²) in [6.07, 6.45) is 0.930. The molecule has 1 unspecified atom stereocenters. The molecule has 2 atom stereocenters. The third-order valence-electron chi connectivity index (χ3n) is 2.99. The number of hydrogen-bond donors (Lipinski definition) is 0. The summed E-state index contributed by atoms with van der Waals surface area (Å²) in [7, 11) is 0. The number of carbonyl (C=O) groups excluding carboxylic acids is 1. The summed E-state index contributed by atoms with van der Waals surface area (Å²) in [6.45, 7) is 4.38. The first-order valence-electron chi connectivity index (χ1n) is 5.56. The predicted molar refractivity (Wildman–Crippen MR) is 66.4 cm³/mol. The Labute approximate surface area is 104 Å². The van der Waals surface area contributed by atoms with Crippen molar-refractivity contribution in [2.24, 2.45) is 5.92 Å². The van der Waals surface area contributed by atoms with Gasteiger partial charge in [0.2, 0.25) is 0 Å². The quantitative estimate of drug-likeness (QED) is 0.794. The van der Waals surface area contributed by atoms with E-state index in [0.717, 1.165) is 10.9 Å². The molecule has 0 spiro atoms. The zero-order valence-corrected chi connectivity index (χ0v) is 11.1. The normalized spacial score (nSPS) is 22.9. The van der Waals surface area contributed by atoms with Crippen molar-refractivity contribution in [2.45, 2.75) is 26.2 Å². The van der Waals surface area contributed by atoms with Crippen molar-refractivity contribution in [3.05, 3.63) is 33.8 Å². The van der Waals surface area contributed by atoms with Gasteiger partial charge >= 0.3 is 5.97 Å². The summed E-state index contributed by atoms with van der Waals surface area (Å²) in [5.41, 5.74) is 2.46. The number of carbonyl (C=O) groups is 1. The molecule has 0 aliphatic heterocycles. The van der Waals surface area contributed by atoms with Crippen molar-refractivity contribution >= 4 is 21.9 Å². The van der Waals surface area contributed by atoms with Gasteiger partial charge in [-0.1, -0.05) is 28.1 Å². The zero-order chi connectivity index (χ0) is 11.7. The molecule has 0 heterocycles. The van der Waals surface area contributed by atoms with E-state index in [-0.39, 0.29) is 11.9 Å². The third kappa shape index (κ3) is 2.29. The van der Waals surface area contributed by atoms with Crippen molar-refractivity contribution in [1.29, 1.82) is 0 Å². The van der Waals surface area contributed by atoms with Crippen molar-refractivity contribution < 1.29 is 9.53 Å². The van der Waals surface area contributed by atoms with Gasteiger partial charge in [0.15, 0.2) is 0 Å². The van der Waals surface area contributed by atoms with Crippen LogP contribution >= 0.6 is 15.9 Å². The van der Waals surface area contributed by atoms with Crippen molar-refractivity contribution in [3.63, 3.8) is 0 Å². The Morgan fingerprint density at radius 2 is 2.31 bits per heavy atom. The predicted octanol–water partition coefficient (Wildman–Crippen LogP) is 3.42. The molecule has 1 saturated carbocycles. The molecule has 0 saturated heterocycles. The van der Waals surface area contributed by atoms with Crippen LogP contribution in [-0.4, -0.2) is 12.6 Å². The van der Waals surface area contributed by atoms with Gasteiger partial charge in [-0.15, -0.1) is 0 Å². The topological polar surface area (TPSA) is 26.3 Å². The molecule has 1 aliphatic carbocycles. The highest BCUT2D eigenvalue weighted by Gasteiger charge is 2.45. The number of rotatable bonds is 3. The highest BCUT2D eigenvalue weighted by molar-refractivity contribution is 9.10. The van der Waals surface area contributed by atoms with Crippen LogP contribution < -0.4 is 0 Å². The van der Waals surface area contributed by atoms with E-state index in [9.17, 15) is 4.79 Å². The minimum atomic E-state index is -0.0481. The maximum atomic E-state index is 11.5. The fraction of sp³-hybridized carbons (Fsp3) is 0.462. The SMILES string of the molecule is CCOC(=O)[C@@H]1CC1c1ccc(Br)c(C)c1. The monoisotopic (exact) mass is 282 g/mol. The molecule has 0 N–H and O–H groups in total. The lowest BCUT2D eigenvalue weighted by Crippen LogP contribution is -2.07. The van der Waals surface area contributed by atoms with E-state index in [4.69, 9.17) is 4.74 Å². The number of hydrogen-bond acceptors (Lipinski definition) is 2. The summed E-state index contributed by atoms with van der Waals surface area (Å²) >= 11 is 3.48. The molecule has 3 heteroatoms. The lowest BCUT2D eigenvalue weighted by atomic mass is 10.1. The Morgan fingerprint density at radius 1 is 1.56 bits per heavy atom. The van der Waals surface area contributed by atoms with Crippen molar-refractivity contribution in [3.8, 4) is 0 Å². The van der Waals surface area contributed by atoms with Crippen LogP contribution in [0, 0.1) is 12.8 Å². The average molecular weight is 283 g/mol. The number of esters is 1. The Bertz CT molecular complexity index is 414. The molecule has 1 aromatic rings. The molecule has 0 aromatic heterocycles. The van der Waals surface area contributed by atoms with Crippen LogP contribution in [0.2, 0.25) is 0 Å². The molecule has 2 nitrogen and oxygen atoms in total. The molecular formula is C13H15BrO2. The minimum absolute atomic E-state index is 0.0481. The maximum Gasteiger partial charge on any atom is 0.309 e. The van der Waals surface area contributed by atoms with E-state index in [1.807, 2.05) is 13.0 Å². The van der Waals surface area contributed by atoms with Crippen LogP contribution in [0.1, 0.15) is 30.4 Å². The molecule has 16 heavy (non-hydrogen) atoms. The molecule has 86 valence electrons. The Morgan fingerprint density at radius 3 is 2.94 bits per heavy atom. The van der Waals surface area contributed by atoms with Crippen LogP contribution in [0.5, 0.6) is 0 Å². The fourth-order valence-electron chi connectivity index (χ4n) is 1.97. The van der Waals surface area contributed by atoms with Crippen LogP contribution in [0.25, 0.3) is 0 Å². The van der Waals surface area contributed by atoms with Gasteiger partial charge in [-0.3, -0.25) is 4.79 Å². The maximum absolute atomic E-state index is 11.5. The molecule has 1 fully saturated rings. The first kappa shape index (κ1) is 11.6. The van der Waals surface area contributed by atoms with Gasteiger partial charge < -0.3 is 4.74 Å². The van der Waals surface area contributed by atoms with Crippen LogP contribution in [0.4, 0.5) is 0 Å². The van der Waals surface area contributed by atoms with Gasteiger partial charge in [-0.25, -0.2) is 0 Å². The minimum Gasteiger partial charge on any atom is -0.466 e. The first-order valence-corrected chi connectivity index (χ1v) is 6.35. The number of halogens is 1. The highest BCUT2D eigenvalue weighted by Crippen LogP contribution is 2.48. The smallest absolute Gasteiger partial charge is 0.309 e. The van der Waals surface area contributed by atoms with Crippen LogP contribution in [0.15, 0.2) is 22.7 Å². The van der Waals surface area contributed by atoms with Gasteiger partial charge in [0.05, 0.1) is 12.5 Å². The second kappa shape index (κ2) is 4.58. The van der Waals surface area contributed by atoms with E-state index in [0.29, 0.717) is 12.5 Å². The van der Waals surface area contributed by atoms with Crippen molar-refractivity contribution in [1.82, 2.24) is 0 Å². The number of aryl methyl sites for hydroxylation is 1. The van der Waals surface area contributed by atoms with Gasteiger partial charge in [0.25, 0.3) is 0 Å². The lowest BCUT2D eigenvalue weighted by Gasteiger charge is -2.04. The van der Waals surface area contributed by atoms with E-state index < -0.39 is 0 Å². The molecule has 0 amide bonds. The van der Waals surface area contributed by atoms with Crippen LogP contribution in [0.3, 0.4) is 0 Å². The Hall–Kier alpha value is -0.830. The second-order valence-electron chi connectivity index (χ2n) is 4.21. The third-order valence-corrected chi connectivity index (χ3v) is 3.88. The molecule has 0 radical (unpaired) electrons. The summed E-state index contributed by atoms with van der Waals surface area (Å²) in [6, 6.07) is 6.28. The number of benzene rings is 1. The molecule has 2 rings (SSSR count). The molecule has 0 bridgehead atoms. The first-order chi connectivity index (χ1) is 7.63. The highest BCUT2D eigenvalue weighted by atomic mass is 79.9. The van der Waals surface area contributed by atoms with E-state index in [2.05, 4.69) is 35.0 Å². The van der Waals surface area contributed by atoms with E-state index in [1.165, 1.54) is 11.1 Å². The zero-order valence-electron chi connectivity index (χ0n) is 9.50. The Balaban J connectivity index is 2.06. The Kier molecular flexibility index (Phi) is 3.33. The van der Waals surface area contributed by atoms with E-state index in [1.54, 1.807) is 0 Å². The lowest BCUT2D eigenvalue weighted by molar-refractivity contribution is -0.144. The van der Waals surface area contributed by atoms with Gasteiger partial charge in [-0.2, -0.15) is 0 Å². The largest absolute Gasteiger partial charge is 0.466 e. The summed E-state index contributed by atoms with van der Waals surface area (Å²) in [5, 5.41) is 0. The fourth-order valence-corrected chi connectivity index (χ4v) is 2.22. The molecule has 1 aromatic carbocycles. The standard InChI is InChI=1S/C13H15BrO2/c1-3-16-13(15)11-7-10(11)9-4-5-12(14)8(2)6-9/h4-6,10-11H,3,7H2,1-2H3/t10?,11-/m1/s1. The van der Waals surface area contributed by atoms with Crippen LogP contribution in [-0.2, 0) is 9.53 Å². The van der Waals surface area contributed by atoms with Crippen molar-refractivity contribution in [2.75, 3.05) is 6.61 Å². The second-order valence-corrected chi connectivity index (χ2v) is 5.06. The van der Waals surface area contributed by atoms with Gasteiger partial charge in [0.1, 0.15) is 0 Å². The number of ether oxygens (including phenoxy) is 1. The summed E-state index contributed by atoms with van der Waals surface area (Å²) in [5.74, 6) is 0.402. The van der Waals surface area contributed by atoms with Gasteiger partial charge in [-0.05, 0) is 43.4 Å². The van der Waals surface area contributed by atoms with Gasteiger partial charge in [0, 0.05) is 4.47 Å². The molecule has 1 aliphatic rings.